The molecule has 2 atom stereocenters. The molecule has 1 saturated heterocycles. The van der Waals surface area contributed by atoms with Crippen molar-refractivity contribution in [3.05, 3.63) is 65.7 Å². The highest BCUT2D eigenvalue weighted by Gasteiger charge is 2.45. The maximum absolute atomic E-state index is 13.0. The molecule has 0 amide bonds. The van der Waals surface area contributed by atoms with Crippen LogP contribution in [0.3, 0.4) is 0 Å². The number of benzene rings is 2. The minimum atomic E-state index is -3.73. The van der Waals surface area contributed by atoms with Crippen molar-refractivity contribution in [3.8, 4) is 0 Å². The molecule has 0 unspecified atom stereocenters. The summed E-state index contributed by atoms with van der Waals surface area (Å²) in [5, 5.41) is 2.17. The first-order valence-electron chi connectivity index (χ1n) is 8.62. The summed E-state index contributed by atoms with van der Waals surface area (Å²) in [6, 6.07) is 15.6. The minimum absolute atomic E-state index is 0.156. The van der Waals surface area contributed by atoms with E-state index >= 15 is 0 Å². The second kappa shape index (κ2) is 7.50. The molecule has 0 bridgehead atoms. The van der Waals surface area contributed by atoms with Gasteiger partial charge in [-0.05, 0) is 29.7 Å². The molecule has 5 nitrogen and oxygen atoms in total. The molecular formula is C19H23NO4S2. The van der Waals surface area contributed by atoms with E-state index in [1.165, 1.54) is 0 Å². The normalized spacial score (nSPS) is 22.3. The van der Waals surface area contributed by atoms with Crippen molar-refractivity contribution in [3.63, 3.8) is 0 Å². The van der Waals surface area contributed by atoms with Gasteiger partial charge < -0.3 is 5.32 Å². The van der Waals surface area contributed by atoms with Gasteiger partial charge in [0.15, 0.2) is 19.7 Å². The van der Waals surface area contributed by atoms with Crippen LogP contribution in [0.5, 0.6) is 0 Å². The van der Waals surface area contributed by atoms with Crippen LogP contribution in [-0.4, -0.2) is 39.6 Å². The average molecular weight is 394 g/mol. The van der Waals surface area contributed by atoms with Crippen LogP contribution in [0.4, 0.5) is 0 Å². The smallest absolute Gasteiger partial charge is 0.183 e. The van der Waals surface area contributed by atoms with E-state index in [0.717, 1.165) is 17.5 Å². The summed E-state index contributed by atoms with van der Waals surface area (Å²) in [6.45, 7) is 2.43. The van der Waals surface area contributed by atoms with Gasteiger partial charge in [0, 0.05) is 12.6 Å². The fourth-order valence-electron chi connectivity index (χ4n) is 3.25. The number of sulfone groups is 2. The van der Waals surface area contributed by atoms with Gasteiger partial charge >= 0.3 is 0 Å². The predicted octanol–water partition coefficient (Wildman–Crippen LogP) is 1.98. The highest BCUT2D eigenvalue weighted by atomic mass is 32.2. The van der Waals surface area contributed by atoms with E-state index < -0.39 is 31.0 Å². The van der Waals surface area contributed by atoms with Crippen LogP contribution in [0, 0.1) is 0 Å². The molecule has 26 heavy (non-hydrogen) atoms. The van der Waals surface area contributed by atoms with Crippen molar-refractivity contribution in [2.45, 2.75) is 36.1 Å². The molecular weight excluding hydrogens is 370 g/mol. The Balaban J connectivity index is 1.84. The summed E-state index contributed by atoms with van der Waals surface area (Å²) in [6.07, 6.45) is 0.819. The molecule has 0 spiro atoms. The molecule has 1 heterocycles. The Morgan fingerprint density at radius 2 is 1.62 bits per heavy atom. The van der Waals surface area contributed by atoms with E-state index in [1.54, 1.807) is 24.3 Å². The summed E-state index contributed by atoms with van der Waals surface area (Å²) >= 11 is 0. The molecule has 140 valence electrons. The monoisotopic (exact) mass is 393 g/mol. The van der Waals surface area contributed by atoms with Crippen molar-refractivity contribution in [2.24, 2.45) is 0 Å². The molecule has 1 fully saturated rings. The summed E-state index contributed by atoms with van der Waals surface area (Å²) in [5.41, 5.74) is 2.03. The number of hydrogen-bond donors (Lipinski definition) is 1. The fraction of sp³-hybridized carbons (Fsp3) is 0.368. The van der Waals surface area contributed by atoms with E-state index in [1.807, 2.05) is 37.3 Å². The van der Waals surface area contributed by atoms with Crippen molar-refractivity contribution in [1.82, 2.24) is 5.32 Å². The fourth-order valence-corrected chi connectivity index (χ4v) is 7.96. The Kier molecular flexibility index (Phi) is 5.50. The Hall–Kier alpha value is -1.70. The van der Waals surface area contributed by atoms with Gasteiger partial charge in [0.25, 0.3) is 0 Å². The number of rotatable bonds is 6. The zero-order valence-corrected chi connectivity index (χ0v) is 16.3. The van der Waals surface area contributed by atoms with Gasteiger partial charge in [-0.25, -0.2) is 16.8 Å². The van der Waals surface area contributed by atoms with Crippen molar-refractivity contribution >= 4 is 19.7 Å². The molecule has 2 aromatic rings. The minimum Gasteiger partial charge on any atom is -0.308 e. The van der Waals surface area contributed by atoms with Gasteiger partial charge in [-0.1, -0.05) is 49.4 Å². The molecule has 7 heteroatoms. The molecule has 1 aliphatic rings. The van der Waals surface area contributed by atoms with Crippen molar-refractivity contribution in [2.75, 3.05) is 11.5 Å². The van der Waals surface area contributed by atoms with Gasteiger partial charge in [-0.3, -0.25) is 0 Å². The number of hydrogen-bond acceptors (Lipinski definition) is 5. The standard InChI is InChI=1S/C19H23NO4S2/c1-2-15-8-10-17(11-9-15)26(23,24)19-14-25(21,22)13-18(19)20-12-16-6-4-3-5-7-16/h3-11,18-20H,2,12-14H2,1H3/t18-,19-/m0/s1. The topological polar surface area (TPSA) is 80.3 Å². The van der Waals surface area contributed by atoms with Crippen LogP contribution in [-0.2, 0) is 32.6 Å². The van der Waals surface area contributed by atoms with Crippen LogP contribution < -0.4 is 5.32 Å². The molecule has 0 aromatic heterocycles. The van der Waals surface area contributed by atoms with E-state index in [9.17, 15) is 16.8 Å². The Bertz CT molecular complexity index is 952. The molecule has 0 aliphatic carbocycles. The summed E-state index contributed by atoms with van der Waals surface area (Å²) in [7, 11) is -7.12. The quantitative estimate of drug-likeness (QED) is 0.812. The molecule has 0 radical (unpaired) electrons. The Morgan fingerprint density at radius 1 is 0.962 bits per heavy atom. The van der Waals surface area contributed by atoms with Gasteiger partial charge in [0.05, 0.1) is 21.7 Å². The molecule has 1 aliphatic heterocycles. The highest BCUT2D eigenvalue weighted by Crippen LogP contribution is 2.26. The first-order valence-corrected chi connectivity index (χ1v) is 12.0. The predicted molar refractivity (Wildman–Crippen MR) is 103 cm³/mol. The van der Waals surface area contributed by atoms with E-state index in [0.29, 0.717) is 6.54 Å². The third kappa shape index (κ3) is 4.16. The van der Waals surface area contributed by atoms with Crippen LogP contribution >= 0.6 is 0 Å². The molecule has 3 rings (SSSR count). The zero-order valence-electron chi connectivity index (χ0n) is 14.6. The molecule has 0 saturated carbocycles. The van der Waals surface area contributed by atoms with E-state index in [-0.39, 0.29) is 16.4 Å². The first kappa shape index (κ1) is 19.1. The first-order chi connectivity index (χ1) is 12.3. The number of nitrogens with one attached hydrogen (secondary N) is 1. The lowest BCUT2D eigenvalue weighted by Crippen LogP contribution is -2.43. The van der Waals surface area contributed by atoms with Crippen molar-refractivity contribution < 1.29 is 16.8 Å². The third-order valence-corrected chi connectivity index (χ3v) is 8.94. The Labute approximate surface area is 155 Å². The number of aryl methyl sites for hydroxylation is 1. The summed E-state index contributed by atoms with van der Waals surface area (Å²) < 4.78 is 50.4. The van der Waals surface area contributed by atoms with Gasteiger partial charge in [0.2, 0.25) is 0 Å². The second-order valence-electron chi connectivity index (χ2n) is 6.63. The maximum Gasteiger partial charge on any atom is 0.183 e. The van der Waals surface area contributed by atoms with E-state index in [2.05, 4.69) is 5.32 Å². The van der Waals surface area contributed by atoms with Gasteiger partial charge in [0.1, 0.15) is 0 Å². The molecule has 1 N–H and O–H groups in total. The lowest BCUT2D eigenvalue weighted by atomic mass is 10.2. The van der Waals surface area contributed by atoms with Crippen LogP contribution in [0.1, 0.15) is 18.1 Å². The Morgan fingerprint density at radius 3 is 2.23 bits per heavy atom. The van der Waals surface area contributed by atoms with E-state index in [4.69, 9.17) is 0 Å². The van der Waals surface area contributed by atoms with Gasteiger partial charge in [-0.2, -0.15) is 0 Å². The average Bonchev–Trinajstić information content (AvgIpc) is 2.96. The SMILES string of the molecule is CCc1ccc(S(=O)(=O)[C@H]2CS(=O)(=O)C[C@@H]2NCc2ccccc2)cc1. The lowest BCUT2D eigenvalue weighted by Gasteiger charge is -2.20. The van der Waals surface area contributed by atoms with Crippen LogP contribution in [0.25, 0.3) is 0 Å². The third-order valence-electron chi connectivity index (χ3n) is 4.77. The maximum atomic E-state index is 13.0. The van der Waals surface area contributed by atoms with Crippen LogP contribution in [0.15, 0.2) is 59.5 Å². The lowest BCUT2D eigenvalue weighted by molar-refractivity contribution is 0.526. The summed E-state index contributed by atoms with van der Waals surface area (Å²) in [5.74, 6) is -0.492. The molecule has 2 aromatic carbocycles. The largest absolute Gasteiger partial charge is 0.308 e. The van der Waals surface area contributed by atoms with Gasteiger partial charge in [-0.15, -0.1) is 0 Å². The second-order valence-corrected chi connectivity index (χ2v) is 11.0. The summed E-state index contributed by atoms with van der Waals surface area (Å²) in [4.78, 5) is 0.184. The zero-order chi connectivity index (χ0) is 18.8. The van der Waals surface area contributed by atoms with Crippen molar-refractivity contribution in [1.29, 1.82) is 0 Å². The highest BCUT2D eigenvalue weighted by molar-refractivity contribution is 7.96. The van der Waals surface area contributed by atoms with Crippen LogP contribution in [0.2, 0.25) is 0 Å².